The van der Waals surface area contributed by atoms with Gasteiger partial charge in [-0.25, -0.2) is 0 Å². The lowest BCUT2D eigenvalue weighted by atomic mass is 9.71. The van der Waals surface area contributed by atoms with Crippen LogP contribution >= 0.6 is 43.5 Å². The molecule has 1 aromatic heterocycles. The number of hydrogen-bond donors (Lipinski definition) is 0. The van der Waals surface area contributed by atoms with Gasteiger partial charge in [-0.3, -0.25) is 14.6 Å². The number of rotatable bonds is 4. The quantitative estimate of drug-likeness (QED) is 0.346. The molecule has 1 saturated heterocycles. The van der Waals surface area contributed by atoms with Crippen LogP contribution in [0.5, 0.6) is 0 Å². The fourth-order valence-corrected chi connectivity index (χ4v) is 8.06. The first kappa shape index (κ1) is 26.4. The highest BCUT2D eigenvalue weighted by atomic mass is 79.9. The van der Waals surface area contributed by atoms with E-state index in [1.165, 1.54) is 16.7 Å². The molecule has 2 fully saturated rings. The standard InChI is InChI=1S/C29H33Br2ClN2O2/c1-29(10-3-2-4-24(29)35)11-7-25(36)34-12-8-18(9-13-34)27-26-19(15-22(32)16-23(26)31)5-6-20-14-21(30)17-33-28(20)27/h14-18,27H,2-13H2,1H3/t27-,29-/m1/s1. The Labute approximate surface area is 235 Å². The number of benzene rings is 1. The summed E-state index contributed by atoms with van der Waals surface area (Å²) in [5, 5.41) is 0.755. The van der Waals surface area contributed by atoms with E-state index in [-0.39, 0.29) is 17.2 Å². The van der Waals surface area contributed by atoms with Crippen molar-refractivity contribution in [3.63, 3.8) is 0 Å². The highest BCUT2D eigenvalue weighted by Crippen LogP contribution is 2.46. The molecule has 0 spiro atoms. The van der Waals surface area contributed by atoms with Crippen molar-refractivity contribution in [3.05, 3.63) is 60.7 Å². The van der Waals surface area contributed by atoms with Gasteiger partial charge in [0.05, 0.1) is 5.69 Å². The molecule has 3 aliphatic rings. The first-order chi connectivity index (χ1) is 17.2. The average molecular weight is 637 g/mol. The van der Waals surface area contributed by atoms with Crippen LogP contribution in [0.4, 0.5) is 0 Å². The maximum absolute atomic E-state index is 13.1. The van der Waals surface area contributed by atoms with E-state index in [0.717, 1.165) is 77.7 Å². The van der Waals surface area contributed by atoms with Gasteiger partial charge in [-0.15, -0.1) is 0 Å². The number of pyridine rings is 1. The average Bonchev–Trinajstić information content (AvgIpc) is 3.01. The Bertz CT molecular complexity index is 1180. The molecule has 1 aliphatic heterocycles. The lowest BCUT2D eigenvalue weighted by molar-refractivity contribution is -0.135. The molecule has 2 atom stereocenters. The number of amides is 1. The van der Waals surface area contributed by atoms with Crippen LogP contribution in [0.3, 0.4) is 0 Å². The molecule has 2 aliphatic carbocycles. The molecule has 7 heteroatoms. The second kappa shape index (κ2) is 10.9. The maximum Gasteiger partial charge on any atom is 0.222 e. The summed E-state index contributed by atoms with van der Waals surface area (Å²) in [5.41, 5.74) is 4.73. The van der Waals surface area contributed by atoms with Gasteiger partial charge in [0.25, 0.3) is 0 Å². The highest BCUT2D eigenvalue weighted by Gasteiger charge is 2.38. The van der Waals surface area contributed by atoms with Gasteiger partial charge in [0, 0.05) is 57.4 Å². The Kier molecular flexibility index (Phi) is 7.96. The minimum absolute atomic E-state index is 0.174. The number of hydrogen-bond acceptors (Lipinski definition) is 3. The SMILES string of the molecule is C[C@]1(CCC(=O)N2CCC([C@H]3c4ncc(Br)cc4CCc4cc(Cl)cc(Br)c43)CC2)CCCCC1=O. The summed E-state index contributed by atoms with van der Waals surface area (Å²) in [6, 6.07) is 6.33. The van der Waals surface area contributed by atoms with Crippen LogP contribution in [0.2, 0.25) is 5.02 Å². The van der Waals surface area contributed by atoms with Crippen LogP contribution in [0.25, 0.3) is 0 Å². The fraction of sp³-hybridized carbons (Fsp3) is 0.552. The van der Waals surface area contributed by atoms with Gasteiger partial charge in [0.15, 0.2) is 0 Å². The van der Waals surface area contributed by atoms with Crippen LogP contribution in [-0.2, 0) is 22.4 Å². The van der Waals surface area contributed by atoms with Crippen LogP contribution in [0.1, 0.15) is 86.6 Å². The van der Waals surface area contributed by atoms with Gasteiger partial charge in [0.2, 0.25) is 5.91 Å². The number of carbonyl (C=O) groups excluding carboxylic acids is 2. The van der Waals surface area contributed by atoms with Crippen molar-refractivity contribution in [2.45, 2.75) is 77.0 Å². The number of likely N-dealkylation sites (tertiary alicyclic amines) is 1. The molecular formula is C29H33Br2ClN2O2. The molecule has 5 rings (SSSR count). The van der Waals surface area contributed by atoms with E-state index in [1.54, 1.807) is 0 Å². The van der Waals surface area contributed by atoms with Crippen LogP contribution in [0, 0.1) is 11.3 Å². The smallest absolute Gasteiger partial charge is 0.222 e. The Morgan fingerprint density at radius 1 is 1.11 bits per heavy atom. The predicted octanol–water partition coefficient (Wildman–Crippen LogP) is 7.66. The maximum atomic E-state index is 13.1. The molecule has 0 radical (unpaired) electrons. The Hall–Kier alpha value is -1.24. The van der Waals surface area contributed by atoms with Gasteiger partial charge in [-0.05, 0) is 102 Å². The van der Waals surface area contributed by atoms with E-state index in [0.29, 0.717) is 31.0 Å². The van der Waals surface area contributed by atoms with E-state index < -0.39 is 0 Å². The van der Waals surface area contributed by atoms with Crippen molar-refractivity contribution in [3.8, 4) is 0 Å². The molecule has 0 N–H and O–H groups in total. The number of aromatic nitrogens is 1. The molecule has 2 aromatic rings. The van der Waals surface area contributed by atoms with Crippen LogP contribution in [0.15, 0.2) is 33.3 Å². The fourth-order valence-electron chi connectivity index (χ4n) is 6.56. The van der Waals surface area contributed by atoms with Gasteiger partial charge < -0.3 is 4.90 Å². The number of halogens is 3. The zero-order chi connectivity index (χ0) is 25.4. The van der Waals surface area contributed by atoms with Crippen LogP contribution < -0.4 is 0 Å². The largest absolute Gasteiger partial charge is 0.343 e. The van der Waals surface area contributed by atoms with Crippen molar-refractivity contribution < 1.29 is 9.59 Å². The number of carbonyl (C=O) groups is 2. The normalized spacial score (nSPS) is 24.7. The summed E-state index contributed by atoms with van der Waals surface area (Å²) in [7, 11) is 0. The van der Waals surface area contributed by atoms with Crippen LogP contribution in [-0.4, -0.2) is 34.7 Å². The third-order valence-corrected chi connectivity index (χ3v) is 10.0. The van der Waals surface area contributed by atoms with E-state index in [4.69, 9.17) is 16.6 Å². The minimum Gasteiger partial charge on any atom is -0.343 e. The third kappa shape index (κ3) is 5.33. The lowest BCUT2D eigenvalue weighted by Gasteiger charge is -2.38. The van der Waals surface area contributed by atoms with Crippen molar-refractivity contribution in [1.82, 2.24) is 9.88 Å². The van der Waals surface area contributed by atoms with Crippen molar-refractivity contribution in [1.29, 1.82) is 0 Å². The summed E-state index contributed by atoms with van der Waals surface area (Å²) in [5.74, 6) is 1.11. The highest BCUT2D eigenvalue weighted by molar-refractivity contribution is 9.10. The van der Waals surface area contributed by atoms with Crippen molar-refractivity contribution >= 4 is 55.2 Å². The van der Waals surface area contributed by atoms with E-state index >= 15 is 0 Å². The van der Waals surface area contributed by atoms with Crippen molar-refractivity contribution in [2.24, 2.45) is 11.3 Å². The monoisotopic (exact) mass is 634 g/mol. The molecule has 1 amide bonds. The molecular weight excluding hydrogens is 604 g/mol. The van der Waals surface area contributed by atoms with Crippen molar-refractivity contribution in [2.75, 3.05) is 13.1 Å². The molecule has 0 unspecified atom stereocenters. The number of piperidine rings is 1. The zero-order valence-corrected chi connectivity index (χ0v) is 24.7. The molecule has 1 aromatic carbocycles. The molecule has 0 bridgehead atoms. The zero-order valence-electron chi connectivity index (χ0n) is 20.8. The Balaban J connectivity index is 1.33. The third-order valence-electron chi connectivity index (χ3n) is 8.73. The molecule has 192 valence electrons. The van der Waals surface area contributed by atoms with Gasteiger partial charge >= 0.3 is 0 Å². The second-order valence-corrected chi connectivity index (χ2v) is 13.3. The first-order valence-electron chi connectivity index (χ1n) is 13.2. The predicted molar refractivity (Wildman–Crippen MR) is 150 cm³/mol. The number of ketones is 1. The minimum atomic E-state index is -0.312. The summed E-state index contributed by atoms with van der Waals surface area (Å²) >= 11 is 13.9. The summed E-state index contributed by atoms with van der Waals surface area (Å²) in [6.45, 7) is 3.58. The summed E-state index contributed by atoms with van der Waals surface area (Å²) in [6.07, 6.45) is 10.5. The van der Waals surface area contributed by atoms with E-state index in [9.17, 15) is 9.59 Å². The molecule has 1 saturated carbocycles. The second-order valence-electron chi connectivity index (χ2n) is 11.0. The molecule has 36 heavy (non-hydrogen) atoms. The summed E-state index contributed by atoms with van der Waals surface area (Å²) in [4.78, 5) is 32.6. The number of Topliss-reactive ketones (excluding diaryl/α,β-unsaturated/α-hetero) is 1. The number of aryl methyl sites for hydroxylation is 2. The summed E-state index contributed by atoms with van der Waals surface area (Å²) < 4.78 is 2.06. The lowest BCUT2D eigenvalue weighted by Crippen LogP contribution is -2.41. The molecule has 4 nitrogen and oxygen atoms in total. The van der Waals surface area contributed by atoms with Gasteiger partial charge in [0.1, 0.15) is 5.78 Å². The van der Waals surface area contributed by atoms with E-state index in [2.05, 4.69) is 50.9 Å². The number of nitrogens with zero attached hydrogens (tertiary/aromatic N) is 2. The first-order valence-corrected chi connectivity index (χ1v) is 15.1. The number of fused-ring (bicyclic) bond motifs is 2. The topological polar surface area (TPSA) is 50.3 Å². The van der Waals surface area contributed by atoms with Gasteiger partial charge in [-0.2, -0.15) is 0 Å². The van der Waals surface area contributed by atoms with E-state index in [1.807, 2.05) is 17.2 Å². The Morgan fingerprint density at radius 3 is 2.61 bits per heavy atom. The van der Waals surface area contributed by atoms with Gasteiger partial charge in [-0.1, -0.05) is 40.9 Å². The molecule has 2 heterocycles. The Morgan fingerprint density at radius 2 is 1.86 bits per heavy atom.